The second kappa shape index (κ2) is 11.0. The van der Waals surface area contributed by atoms with E-state index in [4.69, 9.17) is 14.7 Å². The van der Waals surface area contributed by atoms with E-state index in [2.05, 4.69) is 16.3 Å². The molecule has 0 radical (unpaired) electrons. The second-order valence-corrected chi connectivity index (χ2v) is 8.76. The van der Waals surface area contributed by atoms with E-state index in [0.717, 1.165) is 55.6 Å². The molecule has 6 nitrogen and oxygen atoms in total. The van der Waals surface area contributed by atoms with Crippen LogP contribution in [0.3, 0.4) is 0 Å². The van der Waals surface area contributed by atoms with Crippen molar-refractivity contribution in [2.75, 3.05) is 19.7 Å². The Labute approximate surface area is 191 Å². The zero-order valence-electron chi connectivity index (χ0n) is 19.3. The quantitative estimate of drug-likeness (QED) is 0.539. The molecule has 1 amide bonds. The lowest BCUT2D eigenvalue weighted by Gasteiger charge is -2.28. The molecule has 2 aromatic rings. The third kappa shape index (κ3) is 6.73. The molecule has 0 aromatic heterocycles. The van der Waals surface area contributed by atoms with Crippen molar-refractivity contribution in [2.24, 2.45) is 0 Å². The average Bonchev–Trinajstić information content (AvgIpc) is 3.23. The van der Waals surface area contributed by atoms with E-state index in [9.17, 15) is 4.79 Å². The summed E-state index contributed by atoms with van der Waals surface area (Å²) in [7, 11) is 0. The van der Waals surface area contributed by atoms with Gasteiger partial charge in [0.15, 0.2) is 0 Å². The minimum Gasteiger partial charge on any atom is -0.494 e. The number of nitrogens with one attached hydrogen (secondary N) is 1. The Morgan fingerprint density at radius 1 is 1.16 bits per heavy atom. The fourth-order valence-corrected chi connectivity index (χ4v) is 3.68. The Balaban J connectivity index is 1.41. The van der Waals surface area contributed by atoms with E-state index in [0.29, 0.717) is 12.2 Å². The minimum atomic E-state index is -0.447. The molecule has 1 aliphatic heterocycles. The Hall–Kier alpha value is -3.04. The maximum absolute atomic E-state index is 12.2. The van der Waals surface area contributed by atoms with Crippen molar-refractivity contribution >= 4 is 6.09 Å². The van der Waals surface area contributed by atoms with Gasteiger partial charge in [-0.15, -0.1) is 0 Å². The van der Waals surface area contributed by atoms with Gasteiger partial charge in [-0.2, -0.15) is 5.26 Å². The summed E-state index contributed by atoms with van der Waals surface area (Å²) in [5.74, 6) is 0.837. The van der Waals surface area contributed by atoms with Gasteiger partial charge in [0, 0.05) is 13.1 Å². The van der Waals surface area contributed by atoms with Gasteiger partial charge in [-0.3, -0.25) is 4.90 Å². The lowest BCUT2D eigenvalue weighted by molar-refractivity contribution is 0.0295. The van der Waals surface area contributed by atoms with Crippen LogP contribution in [0.4, 0.5) is 4.79 Å². The van der Waals surface area contributed by atoms with E-state index in [1.807, 2.05) is 69.3 Å². The van der Waals surface area contributed by atoms with Crippen LogP contribution in [-0.2, 0) is 4.74 Å². The van der Waals surface area contributed by atoms with Crippen molar-refractivity contribution in [2.45, 2.75) is 58.2 Å². The molecule has 0 aliphatic carbocycles. The molecule has 3 rings (SSSR count). The molecule has 0 bridgehead atoms. The van der Waals surface area contributed by atoms with Gasteiger partial charge in [-0.25, -0.2) is 4.79 Å². The van der Waals surface area contributed by atoms with Gasteiger partial charge in [0.05, 0.1) is 24.4 Å². The van der Waals surface area contributed by atoms with Gasteiger partial charge < -0.3 is 14.8 Å². The highest BCUT2D eigenvalue weighted by Crippen LogP contribution is 2.23. The molecule has 1 atom stereocenters. The summed E-state index contributed by atoms with van der Waals surface area (Å²) in [6.07, 6.45) is 3.36. The SMILES string of the molecule is CCC(C)(C)OC(=O)NC1CCCN1CCCOc1ccc(-c2ccc(C#N)cc2)cc1. The molecule has 1 aliphatic rings. The molecule has 2 aromatic carbocycles. The zero-order chi connectivity index (χ0) is 23.0. The normalized spacial score (nSPS) is 16.4. The molecule has 170 valence electrons. The highest BCUT2D eigenvalue weighted by molar-refractivity contribution is 5.68. The molecule has 0 saturated carbocycles. The van der Waals surface area contributed by atoms with Gasteiger partial charge in [-0.05, 0) is 74.9 Å². The summed E-state index contributed by atoms with van der Waals surface area (Å²) in [4.78, 5) is 14.5. The Kier molecular flexibility index (Phi) is 8.13. The number of nitrogens with zero attached hydrogens (tertiary/aromatic N) is 2. The van der Waals surface area contributed by atoms with Crippen LogP contribution in [-0.4, -0.2) is 42.5 Å². The van der Waals surface area contributed by atoms with E-state index in [1.165, 1.54) is 0 Å². The van der Waals surface area contributed by atoms with Gasteiger partial charge in [0.1, 0.15) is 11.4 Å². The standard InChI is InChI=1S/C26H33N3O3/c1-4-26(2,3)32-25(30)28-24-7-5-16-29(24)17-6-18-31-23-14-12-22(13-15-23)21-10-8-20(19-27)9-11-21/h8-15,24H,4-7,16-18H2,1-3H3,(H,28,30). The van der Waals surface area contributed by atoms with Crippen molar-refractivity contribution < 1.29 is 14.3 Å². The molecular weight excluding hydrogens is 402 g/mol. The molecule has 1 N–H and O–H groups in total. The van der Waals surface area contributed by atoms with E-state index >= 15 is 0 Å². The van der Waals surface area contributed by atoms with E-state index in [1.54, 1.807) is 0 Å². The van der Waals surface area contributed by atoms with Gasteiger partial charge in [0.2, 0.25) is 0 Å². The Morgan fingerprint density at radius 3 is 2.44 bits per heavy atom. The molecule has 0 spiro atoms. The smallest absolute Gasteiger partial charge is 0.408 e. The number of benzene rings is 2. The van der Waals surface area contributed by atoms with Crippen LogP contribution < -0.4 is 10.1 Å². The fraction of sp³-hybridized carbons (Fsp3) is 0.462. The Bertz CT molecular complexity index is 917. The number of ether oxygens (including phenoxy) is 2. The minimum absolute atomic E-state index is 0.0295. The fourth-order valence-electron chi connectivity index (χ4n) is 3.68. The first-order valence-corrected chi connectivity index (χ1v) is 11.4. The Morgan fingerprint density at radius 2 is 1.81 bits per heavy atom. The van der Waals surface area contributed by atoms with Crippen LogP contribution in [0.2, 0.25) is 0 Å². The summed E-state index contributed by atoms with van der Waals surface area (Å²) in [6, 6.07) is 17.7. The molecular formula is C26H33N3O3. The zero-order valence-corrected chi connectivity index (χ0v) is 19.3. The molecule has 1 saturated heterocycles. The van der Waals surface area contributed by atoms with Gasteiger partial charge >= 0.3 is 6.09 Å². The maximum atomic E-state index is 12.2. The summed E-state index contributed by atoms with van der Waals surface area (Å²) >= 11 is 0. The molecule has 32 heavy (non-hydrogen) atoms. The van der Waals surface area contributed by atoms with Crippen molar-refractivity contribution in [1.29, 1.82) is 5.26 Å². The lowest BCUT2D eigenvalue weighted by Crippen LogP contribution is -2.46. The van der Waals surface area contributed by atoms with Crippen molar-refractivity contribution in [3.8, 4) is 22.9 Å². The number of hydrogen-bond acceptors (Lipinski definition) is 5. The maximum Gasteiger partial charge on any atom is 0.408 e. The third-order valence-corrected chi connectivity index (χ3v) is 5.93. The van der Waals surface area contributed by atoms with Crippen molar-refractivity contribution in [3.05, 3.63) is 54.1 Å². The first-order chi connectivity index (χ1) is 15.4. The predicted octanol–water partition coefficient (Wildman–Crippen LogP) is 5.33. The molecule has 6 heteroatoms. The number of rotatable bonds is 9. The van der Waals surface area contributed by atoms with Crippen LogP contribution in [0.1, 0.15) is 52.0 Å². The summed E-state index contributed by atoms with van der Waals surface area (Å²) < 4.78 is 11.4. The average molecular weight is 436 g/mol. The van der Waals surface area contributed by atoms with Crippen LogP contribution in [0.25, 0.3) is 11.1 Å². The number of likely N-dealkylation sites (tertiary alicyclic amines) is 1. The van der Waals surface area contributed by atoms with Crippen molar-refractivity contribution in [3.63, 3.8) is 0 Å². The first-order valence-electron chi connectivity index (χ1n) is 11.4. The number of carbonyl (C=O) groups excluding carboxylic acids is 1. The van der Waals surface area contributed by atoms with E-state index in [-0.39, 0.29) is 12.3 Å². The monoisotopic (exact) mass is 435 g/mol. The predicted molar refractivity (Wildman–Crippen MR) is 125 cm³/mol. The summed E-state index contributed by atoms with van der Waals surface area (Å²) in [5.41, 5.74) is 2.37. The molecule has 1 unspecified atom stereocenters. The highest BCUT2D eigenvalue weighted by atomic mass is 16.6. The lowest BCUT2D eigenvalue weighted by atomic mass is 10.0. The van der Waals surface area contributed by atoms with Gasteiger partial charge in [0.25, 0.3) is 0 Å². The number of hydrogen-bond donors (Lipinski definition) is 1. The highest BCUT2D eigenvalue weighted by Gasteiger charge is 2.28. The van der Waals surface area contributed by atoms with Gasteiger partial charge in [-0.1, -0.05) is 31.2 Å². The first kappa shape index (κ1) is 23.6. The third-order valence-electron chi connectivity index (χ3n) is 5.93. The van der Waals surface area contributed by atoms with Crippen LogP contribution in [0.15, 0.2) is 48.5 Å². The number of amides is 1. The number of alkyl carbamates (subject to hydrolysis) is 1. The summed E-state index contributed by atoms with van der Waals surface area (Å²) in [5, 5.41) is 11.9. The number of carbonyl (C=O) groups is 1. The van der Waals surface area contributed by atoms with E-state index < -0.39 is 5.60 Å². The van der Waals surface area contributed by atoms with Crippen LogP contribution >= 0.6 is 0 Å². The van der Waals surface area contributed by atoms with Crippen molar-refractivity contribution in [1.82, 2.24) is 10.2 Å². The van der Waals surface area contributed by atoms with Crippen LogP contribution in [0, 0.1) is 11.3 Å². The summed E-state index contributed by atoms with van der Waals surface area (Å²) in [6.45, 7) is 8.32. The van der Waals surface area contributed by atoms with Crippen LogP contribution in [0.5, 0.6) is 5.75 Å². The second-order valence-electron chi connectivity index (χ2n) is 8.76. The molecule has 1 fully saturated rings. The number of nitriles is 1. The molecule has 1 heterocycles. The topological polar surface area (TPSA) is 74.6 Å². The largest absolute Gasteiger partial charge is 0.494 e.